The van der Waals surface area contributed by atoms with Crippen molar-refractivity contribution in [2.75, 3.05) is 0 Å². The van der Waals surface area contributed by atoms with Crippen molar-refractivity contribution in [3.8, 4) is 0 Å². The van der Waals surface area contributed by atoms with E-state index in [1.807, 2.05) is 0 Å². The van der Waals surface area contributed by atoms with Crippen LogP contribution in [0.3, 0.4) is 0 Å². The number of Topliss-reactive ketones (excluding diaryl/α,β-unsaturated/α-hetero) is 1. The zero-order valence-corrected chi connectivity index (χ0v) is 9.97. The van der Waals surface area contributed by atoms with E-state index in [4.69, 9.17) is 0 Å². The van der Waals surface area contributed by atoms with Crippen LogP contribution in [0.2, 0.25) is 0 Å². The lowest BCUT2D eigenvalue weighted by Crippen LogP contribution is -2.42. The zero-order valence-electron chi connectivity index (χ0n) is 9.97. The highest BCUT2D eigenvalue weighted by molar-refractivity contribution is 5.86. The largest absolute Gasteiger partial charge is 0.299 e. The first-order chi connectivity index (χ1) is 7.25. The van der Waals surface area contributed by atoms with Crippen molar-refractivity contribution >= 4 is 5.78 Å². The second kappa shape index (κ2) is 4.76. The first-order valence-corrected chi connectivity index (χ1v) is 5.71. The fourth-order valence-electron chi connectivity index (χ4n) is 2.29. The van der Waals surface area contributed by atoms with Gasteiger partial charge in [-0.2, -0.15) is 0 Å². The second-order valence-corrected chi connectivity index (χ2v) is 5.59. The maximum Gasteiger partial charge on any atom is 0.244 e. The molecule has 1 aliphatic carbocycles. The highest BCUT2D eigenvalue weighted by Crippen LogP contribution is 2.38. The molecular formula is C12H19F3O. The van der Waals surface area contributed by atoms with E-state index in [9.17, 15) is 18.0 Å². The molecule has 0 saturated heterocycles. The molecule has 0 radical (unpaired) electrons. The number of halogens is 3. The molecule has 0 aromatic rings. The smallest absolute Gasteiger partial charge is 0.244 e. The van der Waals surface area contributed by atoms with E-state index in [0.29, 0.717) is 12.8 Å². The average Bonchev–Trinajstić information content (AvgIpc) is 2.15. The number of carbonyl (C=O) groups is 1. The van der Waals surface area contributed by atoms with Gasteiger partial charge in [-0.25, -0.2) is 13.2 Å². The molecule has 0 heterocycles. The molecule has 3 unspecified atom stereocenters. The van der Waals surface area contributed by atoms with Crippen molar-refractivity contribution in [2.24, 2.45) is 17.3 Å². The summed E-state index contributed by atoms with van der Waals surface area (Å²) in [5.74, 6) is -2.33. The predicted molar refractivity (Wildman–Crippen MR) is 56.2 cm³/mol. The molecule has 0 bridgehead atoms. The standard InChI is InChI=1S/C12H19F3O/c1-12(2,3)10(16)7-5-4-6-8(9(7)13)11(14)15/h7-9,11H,4-6H2,1-3H3. The van der Waals surface area contributed by atoms with Crippen molar-refractivity contribution in [1.29, 1.82) is 0 Å². The van der Waals surface area contributed by atoms with Gasteiger partial charge in [0.15, 0.2) is 0 Å². The summed E-state index contributed by atoms with van der Waals surface area (Å²) in [5.41, 5.74) is -0.654. The van der Waals surface area contributed by atoms with Gasteiger partial charge in [-0.05, 0) is 12.8 Å². The summed E-state index contributed by atoms with van der Waals surface area (Å²) in [4.78, 5) is 11.9. The van der Waals surface area contributed by atoms with E-state index in [0.717, 1.165) is 0 Å². The van der Waals surface area contributed by atoms with Crippen LogP contribution in [0.1, 0.15) is 40.0 Å². The summed E-state index contributed by atoms with van der Waals surface area (Å²) in [6, 6.07) is 0. The van der Waals surface area contributed by atoms with Gasteiger partial charge < -0.3 is 0 Å². The number of carbonyl (C=O) groups excluding carboxylic acids is 1. The average molecular weight is 236 g/mol. The predicted octanol–water partition coefficient (Wildman–Crippen LogP) is 3.62. The van der Waals surface area contributed by atoms with Gasteiger partial charge in [0.2, 0.25) is 6.43 Å². The van der Waals surface area contributed by atoms with Gasteiger partial charge >= 0.3 is 0 Å². The highest BCUT2D eigenvalue weighted by atomic mass is 19.3. The molecule has 1 aliphatic rings. The highest BCUT2D eigenvalue weighted by Gasteiger charge is 2.44. The van der Waals surface area contributed by atoms with Gasteiger partial charge in [0.1, 0.15) is 12.0 Å². The van der Waals surface area contributed by atoms with Crippen LogP contribution in [0.25, 0.3) is 0 Å². The van der Waals surface area contributed by atoms with E-state index in [1.54, 1.807) is 20.8 Å². The van der Waals surface area contributed by atoms with Gasteiger partial charge in [0.25, 0.3) is 0 Å². The molecule has 0 amide bonds. The molecular weight excluding hydrogens is 217 g/mol. The molecule has 1 fully saturated rings. The van der Waals surface area contributed by atoms with Crippen LogP contribution in [0, 0.1) is 17.3 Å². The lowest BCUT2D eigenvalue weighted by Gasteiger charge is -2.34. The van der Waals surface area contributed by atoms with Gasteiger partial charge in [-0.3, -0.25) is 4.79 Å². The minimum Gasteiger partial charge on any atom is -0.299 e. The monoisotopic (exact) mass is 236 g/mol. The summed E-state index contributed by atoms with van der Waals surface area (Å²) in [7, 11) is 0. The van der Waals surface area contributed by atoms with Crippen LogP contribution < -0.4 is 0 Å². The van der Waals surface area contributed by atoms with E-state index in [1.165, 1.54) is 0 Å². The molecule has 16 heavy (non-hydrogen) atoms. The van der Waals surface area contributed by atoms with Crippen LogP contribution in [-0.2, 0) is 4.79 Å². The Morgan fingerprint density at radius 1 is 1.25 bits per heavy atom. The summed E-state index contributed by atoms with van der Waals surface area (Å²) in [6.45, 7) is 5.11. The van der Waals surface area contributed by atoms with Crippen molar-refractivity contribution < 1.29 is 18.0 Å². The molecule has 1 nitrogen and oxygen atoms in total. The minimum absolute atomic E-state index is 0.187. The van der Waals surface area contributed by atoms with Crippen molar-refractivity contribution in [1.82, 2.24) is 0 Å². The molecule has 4 heteroatoms. The molecule has 0 aromatic carbocycles. The van der Waals surface area contributed by atoms with Crippen LogP contribution in [0.15, 0.2) is 0 Å². The molecule has 3 atom stereocenters. The normalized spacial score (nSPS) is 31.8. The molecule has 0 aliphatic heterocycles. The number of alkyl halides is 3. The topological polar surface area (TPSA) is 17.1 Å². The quantitative estimate of drug-likeness (QED) is 0.715. The SMILES string of the molecule is CC(C)(C)C(=O)C1CCCC(C(F)F)C1F. The first-order valence-electron chi connectivity index (χ1n) is 5.71. The van der Waals surface area contributed by atoms with Gasteiger partial charge in [-0.15, -0.1) is 0 Å². The van der Waals surface area contributed by atoms with E-state index in [2.05, 4.69) is 0 Å². The number of rotatable bonds is 2. The Morgan fingerprint density at radius 2 is 1.81 bits per heavy atom. The summed E-state index contributed by atoms with van der Waals surface area (Å²) in [6.07, 6.45) is -3.24. The first kappa shape index (κ1) is 13.5. The summed E-state index contributed by atoms with van der Waals surface area (Å²) in [5, 5.41) is 0. The maximum absolute atomic E-state index is 13.8. The Hall–Kier alpha value is -0.540. The van der Waals surface area contributed by atoms with E-state index < -0.39 is 29.8 Å². The van der Waals surface area contributed by atoms with Crippen molar-refractivity contribution in [2.45, 2.75) is 52.6 Å². The van der Waals surface area contributed by atoms with Crippen LogP contribution in [0.5, 0.6) is 0 Å². The zero-order chi connectivity index (χ0) is 12.5. The Morgan fingerprint density at radius 3 is 2.25 bits per heavy atom. The number of ketones is 1. The molecule has 0 aromatic heterocycles. The molecule has 1 saturated carbocycles. The van der Waals surface area contributed by atoms with Crippen LogP contribution in [0.4, 0.5) is 13.2 Å². The Balaban J connectivity index is 2.78. The number of hydrogen-bond acceptors (Lipinski definition) is 1. The molecule has 0 N–H and O–H groups in total. The van der Waals surface area contributed by atoms with Crippen molar-refractivity contribution in [3.63, 3.8) is 0 Å². The summed E-state index contributed by atoms with van der Waals surface area (Å²) >= 11 is 0. The fourth-order valence-corrected chi connectivity index (χ4v) is 2.29. The second-order valence-electron chi connectivity index (χ2n) is 5.59. The van der Waals surface area contributed by atoms with Crippen LogP contribution in [-0.4, -0.2) is 18.4 Å². The van der Waals surface area contributed by atoms with Gasteiger partial charge in [0.05, 0.1) is 5.92 Å². The summed E-state index contributed by atoms with van der Waals surface area (Å²) < 4.78 is 38.9. The molecule has 1 rings (SSSR count). The van der Waals surface area contributed by atoms with E-state index >= 15 is 0 Å². The number of hydrogen-bond donors (Lipinski definition) is 0. The minimum atomic E-state index is -2.66. The lowest BCUT2D eigenvalue weighted by atomic mass is 9.72. The Labute approximate surface area is 94.4 Å². The third-order valence-corrected chi connectivity index (χ3v) is 3.25. The maximum atomic E-state index is 13.8. The Bertz CT molecular complexity index is 257. The Kier molecular flexibility index (Phi) is 4.02. The van der Waals surface area contributed by atoms with Gasteiger partial charge in [-0.1, -0.05) is 27.2 Å². The molecule has 94 valence electrons. The third kappa shape index (κ3) is 2.77. The van der Waals surface area contributed by atoms with E-state index in [-0.39, 0.29) is 12.2 Å². The lowest BCUT2D eigenvalue weighted by molar-refractivity contribution is -0.137. The molecule has 0 spiro atoms. The third-order valence-electron chi connectivity index (χ3n) is 3.25. The fraction of sp³-hybridized carbons (Fsp3) is 0.917. The van der Waals surface area contributed by atoms with Crippen molar-refractivity contribution in [3.05, 3.63) is 0 Å². The van der Waals surface area contributed by atoms with Gasteiger partial charge in [0, 0.05) is 11.3 Å². The van der Waals surface area contributed by atoms with Crippen LogP contribution >= 0.6 is 0 Å².